The van der Waals surface area contributed by atoms with Crippen LogP contribution in [0.1, 0.15) is 30.4 Å². The monoisotopic (exact) mass is 272 g/mol. The number of piperidine rings is 1. The predicted octanol–water partition coefficient (Wildman–Crippen LogP) is 2.14. The van der Waals surface area contributed by atoms with Crippen LogP contribution in [0, 0.1) is 12.3 Å². The molecule has 20 heavy (non-hydrogen) atoms. The Morgan fingerprint density at radius 1 is 1.20 bits per heavy atom. The van der Waals surface area contributed by atoms with Gasteiger partial charge >= 0.3 is 0 Å². The molecule has 1 aromatic rings. The highest BCUT2D eigenvalue weighted by Gasteiger charge is 2.40. The average molecular weight is 272 g/mol. The summed E-state index contributed by atoms with van der Waals surface area (Å²) in [5.74, 6) is 0.296. The van der Waals surface area contributed by atoms with Crippen molar-refractivity contribution in [2.75, 3.05) is 26.2 Å². The molecule has 1 amide bonds. The summed E-state index contributed by atoms with van der Waals surface area (Å²) in [7, 11) is 0. The Morgan fingerprint density at radius 2 is 1.90 bits per heavy atom. The maximum Gasteiger partial charge on any atom is 0.227 e. The van der Waals surface area contributed by atoms with Crippen molar-refractivity contribution < 1.29 is 4.79 Å². The summed E-state index contributed by atoms with van der Waals surface area (Å²) in [6.45, 7) is 6.22. The van der Waals surface area contributed by atoms with Gasteiger partial charge < -0.3 is 10.2 Å². The van der Waals surface area contributed by atoms with Gasteiger partial charge in [-0.25, -0.2) is 0 Å². The van der Waals surface area contributed by atoms with E-state index in [4.69, 9.17) is 0 Å². The number of benzene rings is 1. The van der Waals surface area contributed by atoms with Crippen LogP contribution in [0.4, 0.5) is 0 Å². The first-order valence-corrected chi connectivity index (χ1v) is 7.71. The maximum atomic E-state index is 12.4. The fourth-order valence-electron chi connectivity index (χ4n) is 3.51. The van der Waals surface area contributed by atoms with Gasteiger partial charge in [0.25, 0.3) is 0 Å². The van der Waals surface area contributed by atoms with Crippen LogP contribution in [-0.2, 0) is 11.2 Å². The largest absolute Gasteiger partial charge is 0.342 e. The van der Waals surface area contributed by atoms with Crippen molar-refractivity contribution in [1.82, 2.24) is 10.2 Å². The quantitative estimate of drug-likeness (QED) is 0.894. The number of hydrogen-bond donors (Lipinski definition) is 1. The van der Waals surface area contributed by atoms with Crippen molar-refractivity contribution in [2.45, 2.75) is 32.6 Å². The first kappa shape index (κ1) is 13.6. The van der Waals surface area contributed by atoms with Crippen molar-refractivity contribution in [3.05, 3.63) is 35.4 Å². The molecule has 0 radical (unpaired) electrons. The zero-order valence-electron chi connectivity index (χ0n) is 12.3. The minimum absolute atomic E-state index is 0.296. The predicted molar refractivity (Wildman–Crippen MR) is 80.6 cm³/mol. The van der Waals surface area contributed by atoms with E-state index < -0.39 is 0 Å². The van der Waals surface area contributed by atoms with E-state index in [0.29, 0.717) is 17.7 Å². The smallest absolute Gasteiger partial charge is 0.227 e. The molecule has 0 unspecified atom stereocenters. The molecule has 108 valence electrons. The standard InChI is InChI=1S/C17H24N2O/c1-14-2-4-15(5-3-14)12-16(20)19-11-8-17(13-19)6-9-18-10-7-17/h2-5,18H,6-13H2,1H3. The fourth-order valence-corrected chi connectivity index (χ4v) is 3.51. The topological polar surface area (TPSA) is 32.3 Å². The van der Waals surface area contributed by atoms with Crippen LogP contribution in [0.2, 0.25) is 0 Å². The van der Waals surface area contributed by atoms with Crippen LogP contribution in [0.15, 0.2) is 24.3 Å². The molecule has 0 atom stereocenters. The van der Waals surface area contributed by atoms with Gasteiger partial charge in [-0.05, 0) is 50.3 Å². The summed E-state index contributed by atoms with van der Waals surface area (Å²) in [6, 6.07) is 8.31. The van der Waals surface area contributed by atoms with Gasteiger partial charge in [-0.15, -0.1) is 0 Å². The molecule has 2 fully saturated rings. The van der Waals surface area contributed by atoms with Crippen molar-refractivity contribution in [1.29, 1.82) is 0 Å². The molecule has 3 nitrogen and oxygen atoms in total. The van der Waals surface area contributed by atoms with E-state index >= 15 is 0 Å². The van der Waals surface area contributed by atoms with Crippen LogP contribution in [-0.4, -0.2) is 37.0 Å². The maximum absolute atomic E-state index is 12.4. The van der Waals surface area contributed by atoms with Crippen LogP contribution < -0.4 is 5.32 Å². The molecule has 3 heteroatoms. The normalized spacial score (nSPS) is 21.4. The highest BCUT2D eigenvalue weighted by atomic mass is 16.2. The number of nitrogens with zero attached hydrogens (tertiary/aromatic N) is 1. The Balaban J connectivity index is 1.59. The minimum Gasteiger partial charge on any atom is -0.342 e. The van der Waals surface area contributed by atoms with E-state index in [2.05, 4.69) is 41.4 Å². The van der Waals surface area contributed by atoms with E-state index in [1.54, 1.807) is 0 Å². The van der Waals surface area contributed by atoms with Crippen molar-refractivity contribution in [3.63, 3.8) is 0 Å². The Kier molecular flexibility index (Phi) is 3.79. The summed E-state index contributed by atoms with van der Waals surface area (Å²) >= 11 is 0. The molecule has 1 aromatic carbocycles. The molecule has 2 saturated heterocycles. The Bertz CT molecular complexity index is 474. The number of carbonyl (C=O) groups excluding carboxylic acids is 1. The third-order valence-corrected chi connectivity index (χ3v) is 4.93. The minimum atomic E-state index is 0.296. The molecular weight excluding hydrogens is 248 g/mol. The Hall–Kier alpha value is -1.35. The molecule has 1 N–H and O–H groups in total. The molecule has 0 aromatic heterocycles. The zero-order chi connectivity index (χ0) is 14.0. The number of aryl methyl sites for hydroxylation is 1. The summed E-state index contributed by atoms with van der Waals surface area (Å²) in [5.41, 5.74) is 2.79. The first-order valence-electron chi connectivity index (χ1n) is 7.71. The van der Waals surface area contributed by atoms with Gasteiger partial charge in [0.1, 0.15) is 0 Å². The highest BCUT2D eigenvalue weighted by molar-refractivity contribution is 5.79. The summed E-state index contributed by atoms with van der Waals surface area (Å²) < 4.78 is 0. The van der Waals surface area contributed by atoms with Crippen LogP contribution in [0.25, 0.3) is 0 Å². The van der Waals surface area contributed by atoms with E-state index in [0.717, 1.165) is 31.7 Å². The molecule has 0 saturated carbocycles. The van der Waals surface area contributed by atoms with Gasteiger partial charge in [-0.1, -0.05) is 29.8 Å². The number of carbonyl (C=O) groups is 1. The molecule has 0 bridgehead atoms. The van der Waals surface area contributed by atoms with E-state index in [-0.39, 0.29) is 0 Å². The summed E-state index contributed by atoms with van der Waals surface area (Å²) in [5, 5.41) is 3.42. The third kappa shape index (κ3) is 2.88. The van der Waals surface area contributed by atoms with Gasteiger partial charge in [0.05, 0.1) is 6.42 Å². The van der Waals surface area contributed by atoms with E-state index in [1.807, 2.05) is 0 Å². The Morgan fingerprint density at radius 3 is 2.60 bits per heavy atom. The van der Waals surface area contributed by atoms with Crippen molar-refractivity contribution in [3.8, 4) is 0 Å². The number of nitrogens with one attached hydrogen (secondary N) is 1. The second kappa shape index (κ2) is 5.57. The van der Waals surface area contributed by atoms with Crippen LogP contribution >= 0.6 is 0 Å². The molecular formula is C17H24N2O. The second-order valence-electron chi connectivity index (χ2n) is 6.48. The van der Waals surface area contributed by atoms with Crippen molar-refractivity contribution in [2.24, 2.45) is 5.41 Å². The molecule has 1 spiro atoms. The van der Waals surface area contributed by atoms with Crippen LogP contribution in [0.5, 0.6) is 0 Å². The van der Waals surface area contributed by atoms with Gasteiger partial charge in [-0.2, -0.15) is 0 Å². The van der Waals surface area contributed by atoms with Crippen LogP contribution in [0.3, 0.4) is 0 Å². The number of rotatable bonds is 2. The molecule has 0 aliphatic carbocycles. The van der Waals surface area contributed by atoms with Gasteiger partial charge in [-0.3, -0.25) is 4.79 Å². The molecule has 2 heterocycles. The molecule has 3 rings (SSSR count). The van der Waals surface area contributed by atoms with Gasteiger partial charge in [0.2, 0.25) is 5.91 Å². The van der Waals surface area contributed by atoms with Gasteiger partial charge in [0.15, 0.2) is 0 Å². The fraction of sp³-hybridized carbons (Fsp3) is 0.588. The lowest BCUT2D eigenvalue weighted by Gasteiger charge is -2.33. The zero-order valence-corrected chi connectivity index (χ0v) is 12.3. The number of hydrogen-bond acceptors (Lipinski definition) is 2. The number of likely N-dealkylation sites (tertiary alicyclic amines) is 1. The second-order valence-corrected chi connectivity index (χ2v) is 6.48. The SMILES string of the molecule is Cc1ccc(CC(=O)N2CCC3(CCNCC3)C2)cc1. The highest BCUT2D eigenvalue weighted by Crippen LogP contribution is 2.38. The van der Waals surface area contributed by atoms with Gasteiger partial charge in [0, 0.05) is 13.1 Å². The van der Waals surface area contributed by atoms with Crippen molar-refractivity contribution >= 4 is 5.91 Å². The van der Waals surface area contributed by atoms with E-state index in [1.165, 1.54) is 24.8 Å². The lowest BCUT2D eigenvalue weighted by molar-refractivity contribution is -0.129. The Labute approximate surface area is 121 Å². The summed E-state index contributed by atoms with van der Waals surface area (Å²) in [6.07, 6.45) is 4.19. The third-order valence-electron chi connectivity index (χ3n) is 4.93. The molecule has 2 aliphatic rings. The lowest BCUT2D eigenvalue weighted by atomic mass is 9.78. The lowest BCUT2D eigenvalue weighted by Crippen LogP contribution is -2.40. The summed E-state index contributed by atoms with van der Waals surface area (Å²) in [4.78, 5) is 14.5. The average Bonchev–Trinajstić information content (AvgIpc) is 2.86. The first-order chi connectivity index (χ1) is 9.67. The number of amides is 1. The van der Waals surface area contributed by atoms with E-state index in [9.17, 15) is 4.79 Å². The molecule has 2 aliphatic heterocycles.